The maximum Gasteiger partial charge on any atom is 0.270 e. The summed E-state index contributed by atoms with van der Waals surface area (Å²) in [5, 5.41) is 0. The van der Waals surface area contributed by atoms with Crippen LogP contribution in [0, 0.1) is 0 Å². The molecular weight excluding hydrogens is 356 g/mol. The summed E-state index contributed by atoms with van der Waals surface area (Å²) in [5.74, 6) is 1.76. The van der Waals surface area contributed by atoms with Crippen LogP contribution in [0.4, 0.5) is 11.6 Å². The first kappa shape index (κ1) is 18.5. The summed E-state index contributed by atoms with van der Waals surface area (Å²) in [4.78, 5) is 41.9. The SMILES string of the molecule is CN(C)c1cc(N(C2CC2)C2CCN(C(=O)c3cccc(=O)[nH]3)CC2)ncn1. The van der Waals surface area contributed by atoms with E-state index in [0.29, 0.717) is 30.9 Å². The summed E-state index contributed by atoms with van der Waals surface area (Å²) >= 11 is 0. The Bertz CT molecular complexity index is 899. The molecule has 28 heavy (non-hydrogen) atoms. The van der Waals surface area contributed by atoms with Crippen LogP contribution in [-0.2, 0) is 0 Å². The lowest BCUT2D eigenvalue weighted by atomic mass is 10.0. The zero-order chi connectivity index (χ0) is 19.7. The van der Waals surface area contributed by atoms with Crippen LogP contribution in [0.5, 0.6) is 0 Å². The highest BCUT2D eigenvalue weighted by Gasteiger charge is 2.37. The molecule has 3 heterocycles. The Morgan fingerprint density at radius 1 is 1.07 bits per heavy atom. The summed E-state index contributed by atoms with van der Waals surface area (Å²) in [5.41, 5.74) is 0.109. The molecule has 1 N–H and O–H groups in total. The number of anilines is 2. The average Bonchev–Trinajstić information content (AvgIpc) is 3.53. The number of rotatable bonds is 5. The Labute approximate surface area is 164 Å². The number of amides is 1. The van der Waals surface area contributed by atoms with E-state index in [0.717, 1.165) is 24.5 Å². The molecule has 2 aromatic heterocycles. The standard InChI is InChI=1S/C20H26N6O2/c1-24(2)17-12-18(22-13-21-17)26(14-6-7-14)15-8-10-25(11-9-15)20(28)16-4-3-5-19(27)23-16/h3-5,12-15H,6-11H2,1-2H3,(H,23,27). The van der Waals surface area contributed by atoms with Gasteiger partial charge < -0.3 is 19.7 Å². The number of aromatic amines is 1. The number of nitrogens with zero attached hydrogens (tertiary/aromatic N) is 5. The molecule has 1 saturated heterocycles. The molecule has 2 aliphatic rings. The molecule has 8 heteroatoms. The van der Waals surface area contributed by atoms with Crippen molar-refractivity contribution in [1.29, 1.82) is 0 Å². The van der Waals surface area contributed by atoms with Crippen molar-refractivity contribution in [3.05, 3.63) is 46.6 Å². The molecule has 1 amide bonds. The van der Waals surface area contributed by atoms with E-state index in [4.69, 9.17) is 0 Å². The monoisotopic (exact) mass is 382 g/mol. The van der Waals surface area contributed by atoms with Crippen LogP contribution in [0.3, 0.4) is 0 Å². The quantitative estimate of drug-likeness (QED) is 0.844. The number of carbonyl (C=O) groups excluding carboxylic acids is 1. The molecule has 0 radical (unpaired) electrons. The van der Waals surface area contributed by atoms with Crippen LogP contribution in [0.15, 0.2) is 35.4 Å². The number of likely N-dealkylation sites (tertiary alicyclic amines) is 1. The van der Waals surface area contributed by atoms with E-state index >= 15 is 0 Å². The second-order valence-corrected chi connectivity index (χ2v) is 7.72. The highest BCUT2D eigenvalue weighted by Crippen LogP contribution is 2.36. The lowest BCUT2D eigenvalue weighted by Crippen LogP contribution is -2.48. The fraction of sp³-hybridized carbons (Fsp3) is 0.500. The Balaban J connectivity index is 1.46. The maximum atomic E-state index is 12.7. The number of hydrogen-bond acceptors (Lipinski definition) is 6. The number of aromatic nitrogens is 3. The number of carbonyl (C=O) groups is 1. The van der Waals surface area contributed by atoms with Crippen LogP contribution in [-0.4, -0.2) is 65.0 Å². The van der Waals surface area contributed by atoms with E-state index < -0.39 is 0 Å². The number of piperidine rings is 1. The Morgan fingerprint density at radius 3 is 2.39 bits per heavy atom. The Kier molecular flexibility index (Phi) is 5.02. The van der Waals surface area contributed by atoms with Gasteiger partial charge in [-0.15, -0.1) is 0 Å². The number of H-pyrrole nitrogens is 1. The Hall–Kier alpha value is -2.90. The van der Waals surface area contributed by atoms with E-state index in [9.17, 15) is 9.59 Å². The molecule has 4 rings (SSSR count). The van der Waals surface area contributed by atoms with Crippen molar-refractivity contribution >= 4 is 17.5 Å². The first-order valence-corrected chi connectivity index (χ1v) is 9.79. The van der Waals surface area contributed by atoms with Gasteiger partial charge in [-0.1, -0.05) is 6.07 Å². The highest BCUT2D eigenvalue weighted by atomic mass is 16.2. The summed E-state index contributed by atoms with van der Waals surface area (Å²) in [6.45, 7) is 1.35. The van der Waals surface area contributed by atoms with Gasteiger partial charge in [-0.25, -0.2) is 9.97 Å². The maximum absolute atomic E-state index is 12.7. The number of hydrogen-bond donors (Lipinski definition) is 1. The minimum atomic E-state index is -0.249. The molecule has 2 fully saturated rings. The van der Waals surface area contributed by atoms with E-state index in [2.05, 4.69) is 19.9 Å². The summed E-state index contributed by atoms with van der Waals surface area (Å²) in [7, 11) is 3.96. The smallest absolute Gasteiger partial charge is 0.270 e. The molecule has 0 spiro atoms. The summed E-state index contributed by atoms with van der Waals surface area (Å²) in [6, 6.07) is 7.63. The van der Waals surface area contributed by atoms with Gasteiger partial charge in [-0.3, -0.25) is 9.59 Å². The van der Waals surface area contributed by atoms with Gasteiger partial charge in [0, 0.05) is 51.4 Å². The van der Waals surface area contributed by atoms with Gasteiger partial charge in [0.2, 0.25) is 5.56 Å². The molecule has 148 valence electrons. The third kappa shape index (κ3) is 3.85. The Morgan fingerprint density at radius 2 is 1.75 bits per heavy atom. The van der Waals surface area contributed by atoms with Crippen LogP contribution in [0.2, 0.25) is 0 Å². The highest BCUT2D eigenvalue weighted by molar-refractivity contribution is 5.92. The van der Waals surface area contributed by atoms with Crippen molar-refractivity contribution < 1.29 is 4.79 Å². The van der Waals surface area contributed by atoms with Crippen LogP contribution in [0.25, 0.3) is 0 Å². The molecular formula is C20H26N6O2. The molecule has 2 aromatic rings. The van der Waals surface area contributed by atoms with Gasteiger partial charge in [0.05, 0.1) is 0 Å². The van der Waals surface area contributed by atoms with Gasteiger partial charge in [-0.2, -0.15) is 0 Å². The summed E-state index contributed by atoms with van der Waals surface area (Å²) in [6.07, 6.45) is 5.78. The minimum absolute atomic E-state index is 0.106. The molecule has 0 bridgehead atoms. The van der Waals surface area contributed by atoms with Crippen molar-refractivity contribution in [1.82, 2.24) is 19.9 Å². The first-order chi connectivity index (χ1) is 13.5. The van der Waals surface area contributed by atoms with Crippen LogP contribution in [0.1, 0.15) is 36.2 Å². The van der Waals surface area contributed by atoms with E-state index in [1.807, 2.05) is 30.0 Å². The zero-order valence-corrected chi connectivity index (χ0v) is 16.3. The van der Waals surface area contributed by atoms with Crippen molar-refractivity contribution in [3.63, 3.8) is 0 Å². The number of pyridine rings is 1. The topological polar surface area (TPSA) is 85.4 Å². The fourth-order valence-corrected chi connectivity index (χ4v) is 3.84. The second kappa shape index (κ2) is 7.61. The van der Waals surface area contributed by atoms with E-state index in [1.165, 1.54) is 18.9 Å². The van der Waals surface area contributed by atoms with Gasteiger partial charge in [0.1, 0.15) is 23.7 Å². The molecule has 1 aliphatic carbocycles. The molecule has 0 aromatic carbocycles. The largest absolute Gasteiger partial charge is 0.363 e. The van der Waals surface area contributed by atoms with Crippen molar-refractivity contribution in [2.75, 3.05) is 37.0 Å². The van der Waals surface area contributed by atoms with E-state index in [1.54, 1.807) is 18.5 Å². The second-order valence-electron chi connectivity index (χ2n) is 7.72. The lowest BCUT2D eigenvalue weighted by Gasteiger charge is -2.39. The molecule has 8 nitrogen and oxygen atoms in total. The molecule has 0 unspecified atom stereocenters. The third-order valence-corrected chi connectivity index (χ3v) is 5.45. The van der Waals surface area contributed by atoms with Crippen molar-refractivity contribution in [3.8, 4) is 0 Å². The average molecular weight is 382 g/mol. The number of nitrogens with one attached hydrogen (secondary N) is 1. The van der Waals surface area contributed by atoms with Gasteiger partial charge in [0.15, 0.2) is 0 Å². The summed E-state index contributed by atoms with van der Waals surface area (Å²) < 4.78 is 0. The van der Waals surface area contributed by atoms with Gasteiger partial charge in [-0.05, 0) is 31.7 Å². The molecule has 0 atom stereocenters. The van der Waals surface area contributed by atoms with Gasteiger partial charge >= 0.3 is 0 Å². The van der Waals surface area contributed by atoms with Crippen molar-refractivity contribution in [2.45, 2.75) is 37.8 Å². The van der Waals surface area contributed by atoms with Crippen LogP contribution < -0.4 is 15.4 Å². The lowest BCUT2D eigenvalue weighted by molar-refractivity contribution is 0.0705. The van der Waals surface area contributed by atoms with Crippen LogP contribution >= 0.6 is 0 Å². The molecule has 1 saturated carbocycles. The normalized spacial score (nSPS) is 17.4. The van der Waals surface area contributed by atoms with Crippen molar-refractivity contribution in [2.24, 2.45) is 0 Å². The first-order valence-electron chi connectivity index (χ1n) is 9.79. The third-order valence-electron chi connectivity index (χ3n) is 5.45. The predicted octanol–water partition coefficient (Wildman–Crippen LogP) is 1.50. The predicted molar refractivity (Wildman–Crippen MR) is 108 cm³/mol. The zero-order valence-electron chi connectivity index (χ0n) is 16.3. The fourth-order valence-electron chi connectivity index (χ4n) is 3.84. The minimum Gasteiger partial charge on any atom is -0.363 e. The van der Waals surface area contributed by atoms with E-state index in [-0.39, 0.29) is 11.5 Å². The van der Waals surface area contributed by atoms with Gasteiger partial charge in [0.25, 0.3) is 5.91 Å². The molecule has 1 aliphatic heterocycles.